The molecule has 6 heteroatoms. The van der Waals surface area contributed by atoms with Gasteiger partial charge in [0.1, 0.15) is 0 Å². The molecule has 0 spiro atoms. The number of aliphatic hydroxyl groups is 1. The largest absolute Gasteiger partial charge is 0.396 e. The van der Waals surface area contributed by atoms with Crippen molar-refractivity contribution in [3.63, 3.8) is 0 Å². The minimum atomic E-state index is -3.55. The molecule has 1 aromatic carbocycles. The Morgan fingerprint density at radius 2 is 1.85 bits per heavy atom. The maximum absolute atomic E-state index is 12.3. The normalized spacial score (nSPS) is 13.9. The van der Waals surface area contributed by atoms with Crippen molar-refractivity contribution in [1.82, 2.24) is 9.03 Å². The number of rotatable bonds is 8. The van der Waals surface area contributed by atoms with Crippen LogP contribution in [0.2, 0.25) is 0 Å². The summed E-state index contributed by atoms with van der Waals surface area (Å²) in [6, 6.07) is 9.17. The van der Waals surface area contributed by atoms with E-state index in [-0.39, 0.29) is 18.6 Å². The van der Waals surface area contributed by atoms with E-state index in [0.29, 0.717) is 13.0 Å². The zero-order valence-electron chi connectivity index (χ0n) is 12.3. The van der Waals surface area contributed by atoms with Crippen molar-refractivity contribution in [2.75, 3.05) is 13.7 Å². The molecule has 0 amide bonds. The molecule has 0 saturated carbocycles. The lowest BCUT2D eigenvalue weighted by molar-refractivity contribution is 0.254. The lowest BCUT2D eigenvalue weighted by Crippen LogP contribution is -2.45. The number of benzene rings is 1. The van der Waals surface area contributed by atoms with Crippen LogP contribution in [0.5, 0.6) is 0 Å². The number of nitrogens with zero attached hydrogens (tertiary/aromatic N) is 1. The van der Waals surface area contributed by atoms with Crippen molar-refractivity contribution in [2.45, 2.75) is 32.9 Å². The predicted molar refractivity (Wildman–Crippen MR) is 80.3 cm³/mol. The van der Waals surface area contributed by atoms with Gasteiger partial charge in [0.15, 0.2) is 0 Å². The van der Waals surface area contributed by atoms with Gasteiger partial charge in [-0.25, -0.2) is 0 Å². The van der Waals surface area contributed by atoms with Crippen LogP contribution in [0.1, 0.15) is 25.8 Å². The topological polar surface area (TPSA) is 69.6 Å². The first kappa shape index (κ1) is 17.1. The Morgan fingerprint density at radius 3 is 2.35 bits per heavy atom. The molecular formula is C14H24N2O3S. The SMILES string of the molecule is CC(C)C(CCO)NS(=O)(=O)N(C)Cc1ccccc1. The van der Waals surface area contributed by atoms with Gasteiger partial charge in [0.25, 0.3) is 10.2 Å². The molecule has 1 aromatic rings. The molecule has 0 aliphatic heterocycles. The van der Waals surface area contributed by atoms with E-state index in [0.717, 1.165) is 5.56 Å². The second-order valence-electron chi connectivity index (χ2n) is 5.23. The zero-order valence-corrected chi connectivity index (χ0v) is 13.1. The summed E-state index contributed by atoms with van der Waals surface area (Å²) in [4.78, 5) is 0. The van der Waals surface area contributed by atoms with Gasteiger partial charge in [-0.3, -0.25) is 0 Å². The van der Waals surface area contributed by atoms with E-state index in [9.17, 15) is 8.42 Å². The molecule has 2 N–H and O–H groups in total. The van der Waals surface area contributed by atoms with E-state index in [2.05, 4.69) is 4.72 Å². The average Bonchev–Trinajstić information content (AvgIpc) is 2.39. The Labute approximate surface area is 121 Å². The van der Waals surface area contributed by atoms with Gasteiger partial charge in [0.05, 0.1) is 0 Å². The van der Waals surface area contributed by atoms with Crippen LogP contribution in [-0.2, 0) is 16.8 Å². The van der Waals surface area contributed by atoms with Gasteiger partial charge in [-0.2, -0.15) is 17.4 Å². The molecule has 0 aliphatic carbocycles. The maximum atomic E-state index is 12.3. The lowest BCUT2D eigenvalue weighted by atomic mass is 10.0. The summed E-state index contributed by atoms with van der Waals surface area (Å²) < 4.78 is 28.5. The number of hydrogen-bond donors (Lipinski definition) is 2. The summed E-state index contributed by atoms with van der Waals surface area (Å²) in [6.45, 7) is 4.15. The van der Waals surface area contributed by atoms with E-state index in [1.807, 2.05) is 44.2 Å². The Balaban J connectivity index is 2.72. The average molecular weight is 300 g/mol. The fourth-order valence-corrected chi connectivity index (χ4v) is 3.15. The van der Waals surface area contributed by atoms with Crippen LogP contribution < -0.4 is 4.72 Å². The highest BCUT2D eigenvalue weighted by Crippen LogP contribution is 2.11. The third kappa shape index (κ3) is 5.20. The molecule has 0 aliphatic rings. The minimum Gasteiger partial charge on any atom is -0.396 e. The summed E-state index contributed by atoms with van der Waals surface area (Å²) in [5, 5.41) is 9.01. The Hall–Kier alpha value is -0.950. The van der Waals surface area contributed by atoms with Crippen molar-refractivity contribution < 1.29 is 13.5 Å². The fourth-order valence-electron chi connectivity index (χ4n) is 1.87. The van der Waals surface area contributed by atoms with E-state index in [4.69, 9.17) is 5.11 Å². The lowest BCUT2D eigenvalue weighted by Gasteiger charge is -2.25. The van der Waals surface area contributed by atoms with Crippen LogP contribution >= 0.6 is 0 Å². The molecule has 0 fully saturated rings. The second kappa shape index (κ2) is 7.73. The summed E-state index contributed by atoms with van der Waals surface area (Å²) in [5.41, 5.74) is 0.934. The quantitative estimate of drug-likeness (QED) is 0.761. The smallest absolute Gasteiger partial charge is 0.279 e. The summed E-state index contributed by atoms with van der Waals surface area (Å²) >= 11 is 0. The molecule has 0 heterocycles. The van der Waals surface area contributed by atoms with E-state index in [1.54, 1.807) is 7.05 Å². The van der Waals surface area contributed by atoms with Crippen molar-refractivity contribution in [3.05, 3.63) is 35.9 Å². The van der Waals surface area contributed by atoms with Gasteiger partial charge in [0.2, 0.25) is 0 Å². The first-order valence-electron chi connectivity index (χ1n) is 6.75. The van der Waals surface area contributed by atoms with Crippen LogP contribution in [0.15, 0.2) is 30.3 Å². The monoisotopic (exact) mass is 300 g/mol. The highest BCUT2D eigenvalue weighted by molar-refractivity contribution is 7.87. The van der Waals surface area contributed by atoms with E-state index < -0.39 is 10.2 Å². The van der Waals surface area contributed by atoms with Gasteiger partial charge in [-0.15, -0.1) is 0 Å². The number of hydrogen-bond acceptors (Lipinski definition) is 3. The molecule has 0 bridgehead atoms. The summed E-state index contributed by atoms with van der Waals surface area (Å²) in [5.74, 6) is 0.127. The third-order valence-corrected chi connectivity index (χ3v) is 4.75. The zero-order chi connectivity index (χ0) is 15.2. The van der Waals surface area contributed by atoms with Gasteiger partial charge < -0.3 is 5.11 Å². The van der Waals surface area contributed by atoms with E-state index in [1.165, 1.54) is 4.31 Å². The molecule has 0 radical (unpaired) electrons. The van der Waals surface area contributed by atoms with Gasteiger partial charge in [-0.1, -0.05) is 44.2 Å². The van der Waals surface area contributed by atoms with Crippen molar-refractivity contribution >= 4 is 10.2 Å². The Morgan fingerprint density at radius 1 is 1.25 bits per heavy atom. The third-order valence-electron chi connectivity index (χ3n) is 3.20. The van der Waals surface area contributed by atoms with Crippen molar-refractivity contribution in [1.29, 1.82) is 0 Å². The van der Waals surface area contributed by atoms with Crippen LogP contribution in [0.3, 0.4) is 0 Å². The van der Waals surface area contributed by atoms with Crippen LogP contribution in [-0.4, -0.2) is 37.5 Å². The van der Waals surface area contributed by atoms with E-state index >= 15 is 0 Å². The molecule has 20 heavy (non-hydrogen) atoms. The Bertz CT molecular complexity index is 488. The van der Waals surface area contributed by atoms with Gasteiger partial charge >= 0.3 is 0 Å². The summed E-state index contributed by atoms with van der Waals surface area (Å²) in [6.07, 6.45) is 0.413. The maximum Gasteiger partial charge on any atom is 0.279 e. The Kier molecular flexibility index (Phi) is 6.61. The first-order chi connectivity index (χ1) is 9.36. The van der Waals surface area contributed by atoms with Crippen molar-refractivity contribution in [3.8, 4) is 0 Å². The fraction of sp³-hybridized carbons (Fsp3) is 0.571. The highest BCUT2D eigenvalue weighted by atomic mass is 32.2. The van der Waals surface area contributed by atoms with Crippen LogP contribution in [0.4, 0.5) is 0 Å². The highest BCUT2D eigenvalue weighted by Gasteiger charge is 2.24. The second-order valence-corrected chi connectivity index (χ2v) is 7.04. The molecule has 114 valence electrons. The molecule has 0 saturated heterocycles. The van der Waals surface area contributed by atoms with Gasteiger partial charge in [0, 0.05) is 26.2 Å². The van der Waals surface area contributed by atoms with Crippen LogP contribution in [0, 0.1) is 5.92 Å². The van der Waals surface area contributed by atoms with Crippen molar-refractivity contribution in [2.24, 2.45) is 5.92 Å². The number of aliphatic hydroxyl groups excluding tert-OH is 1. The first-order valence-corrected chi connectivity index (χ1v) is 8.19. The number of nitrogens with one attached hydrogen (secondary N) is 1. The molecule has 1 atom stereocenters. The molecule has 5 nitrogen and oxygen atoms in total. The standard InChI is InChI=1S/C14H24N2O3S/c1-12(2)14(9-10-17)15-20(18,19)16(3)11-13-7-5-4-6-8-13/h4-8,12,14-15,17H,9-11H2,1-3H3. The van der Waals surface area contributed by atoms with Crippen LogP contribution in [0.25, 0.3) is 0 Å². The molecule has 1 unspecified atom stereocenters. The predicted octanol–water partition coefficient (Wildman–Crippen LogP) is 1.36. The minimum absolute atomic E-state index is 0.0340. The van der Waals surface area contributed by atoms with Gasteiger partial charge in [-0.05, 0) is 17.9 Å². The molecule has 1 rings (SSSR count). The molecular weight excluding hydrogens is 276 g/mol. The summed E-state index contributed by atoms with van der Waals surface area (Å²) in [7, 11) is -2.01. The molecule has 0 aromatic heterocycles.